The largest absolute Gasteiger partial charge is 0.497 e. The molecule has 0 radical (unpaired) electrons. The van der Waals surface area contributed by atoms with Gasteiger partial charge in [-0.1, -0.05) is 6.07 Å². The zero-order valence-electron chi connectivity index (χ0n) is 11.1. The lowest BCUT2D eigenvalue weighted by Crippen LogP contribution is -2.36. The lowest BCUT2D eigenvalue weighted by atomic mass is 10.0. The summed E-state index contributed by atoms with van der Waals surface area (Å²) < 4.78 is 10.6. The van der Waals surface area contributed by atoms with Crippen LogP contribution in [0.15, 0.2) is 18.2 Å². The third-order valence-electron chi connectivity index (χ3n) is 3.25. The quantitative estimate of drug-likeness (QED) is 0.724. The molecule has 5 heteroatoms. The van der Waals surface area contributed by atoms with Crippen molar-refractivity contribution in [3.05, 3.63) is 23.8 Å². The van der Waals surface area contributed by atoms with Crippen LogP contribution in [0.4, 0.5) is 0 Å². The van der Waals surface area contributed by atoms with Gasteiger partial charge in [0.05, 0.1) is 20.3 Å². The van der Waals surface area contributed by atoms with Crippen molar-refractivity contribution < 1.29 is 9.47 Å². The van der Waals surface area contributed by atoms with Crippen LogP contribution in [-0.2, 0) is 0 Å². The van der Waals surface area contributed by atoms with E-state index in [2.05, 4.69) is 22.2 Å². The van der Waals surface area contributed by atoms with Crippen LogP contribution in [0.1, 0.15) is 18.0 Å². The zero-order valence-corrected chi connectivity index (χ0v) is 11.1. The zero-order chi connectivity index (χ0) is 13.0. The van der Waals surface area contributed by atoms with Crippen LogP contribution in [-0.4, -0.2) is 33.9 Å². The van der Waals surface area contributed by atoms with Gasteiger partial charge >= 0.3 is 0 Å². The summed E-state index contributed by atoms with van der Waals surface area (Å²) in [5.74, 6) is 1.67. The minimum absolute atomic E-state index is 0.268. The normalized spacial score (nSPS) is 23.1. The van der Waals surface area contributed by atoms with Gasteiger partial charge in [0.2, 0.25) is 0 Å². The fraction of sp³-hybridized carbons (Fsp3) is 0.538. The van der Waals surface area contributed by atoms with Gasteiger partial charge in [-0.15, -0.1) is 0 Å². The van der Waals surface area contributed by atoms with E-state index >= 15 is 0 Å². The molecular formula is C13H21N3O2. The van der Waals surface area contributed by atoms with E-state index in [4.69, 9.17) is 9.47 Å². The highest BCUT2D eigenvalue weighted by Crippen LogP contribution is 2.32. The van der Waals surface area contributed by atoms with E-state index in [0.29, 0.717) is 6.04 Å². The number of nitrogens with one attached hydrogen (secondary N) is 3. The molecule has 5 nitrogen and oxygen atoms in total. The first-order chi connectivity index (χ1) is 8.78. The van der Waals surface area contributed by atoms with E-state index in [1.807, 2.05) is 19.2 Å². The monoisotopic (exact) mass is 251 g/mol. The molecule has 0 aromatic heterocycles. The van der Waals surface area contributed by atoms with Crippen LogP contribution in [0.25, 0.3) is 0 Å². The van der Waals surface area contributed by atoms with Gasteiger partial charge in [0.15, 0.2) is 0 Å². The van der Waals surface area contributed by atoms with Gasteiger partial charge in [0.1, 0.15) is 11.5 Å². The maximum Gasteiger partial charge on any atom is 0.127 e. The van der Waals surface area contributed by atoms with Crippen LogP contribution in [0.2, 0.25) is 0 Å². The van der Waals surface area contributed by atoms with Crippen molar-refractivity contribution in [1.82, 2.24) is 16.2 Å². The Morgan fingerprint density at radius 2 is 2.11 bits per heavy atom. The van der Waals surface area contributed by atoms with Crippen LogP contribution < -0.4 is 25.6 Å². The fourth-order valence-electron chi connectivity index (χ4n) is 2.31. The van der Waals surface area contributed by atoms with E-state index in [1.165, 1.54) is 0 Å². The first-order valence-electron chi connectivity index (χ1n) is 6.16. The molecule has 1 saturated heterocycles. The summed E-state index contributed by atoms with van der Waals surface area (Å²) in [6, 6.07) is 6.64. The molecule has 0 amide bonds. The van der Waals surface area contributed by atoms with Crippen molar-refractivity contribution in [2.24, 2.45) is 0 Å². The number of hydrazine groups is 1. The Hall–Kier alpha value is -1.30. The van der Waals surface area contributed by atoms with Gasteiger partial charge < -0.3 is 14.8 Å². The maximum absolute atomic E-state index is 5.43. The molecule has 1 aromatic rings. The van der Waals surface area contributed by atoms with Crippen molar-refractivity contribution in [3.8, 4) is 11.5 Å². The molecule has 1 heterocycles. The average molecular weight is 251 g/mol. The van der Waals surface area contributed by atoms with Gasteiger partial charge in [0, 0.05) is 24.2 Å². The summed E-state index contributed by atoms with van der Waals surface area (Å²) >= 11 is 0. The van der Waals surface area contributed by atoms with Crippen molar-refractivity contribution in [2.45, 2.75) is 18.5 Å². The lowest BCUT2D eigenvalue weighted by Gasteiger charge is -2.15. The van der Waals surface area contributed by atoms with Crippen LogP contribution in [0.3, 0.4) is 0 Å². The second-order valence-electron chi connectivity index (χ2n) is 4.44. The van der Waals surface area contributed by atoms with E-state index in [-0.39, 0.29) is 6.04 Å². The van der Waals surface area contributed by atoms with Crippen molar-refractivity contribution in [3.63, 3.8) is 0 Å². The minimum atomic E-state index is 0.268. The second-order valence-corrected chi connectivity index (χ2v) is 4.44. The number of hydrogen-bond acceptors (Lipinski definition) is 5. The third-order valence-corrected chi connectivity index (χ3v) is 3.25. The summed E-state index contributed by atoms with van der Waals surface area (Å²) in [6.45, 7) is 0.946. The predicted molar refractivity (Wildman–Crippen MR) is 70.9 cm³/mol. The van der Waals surface area contributed by atoms with E-state index in [0.717, 1.165) is 30.0 Å². The Morgan fingerprint density at radius 3 is 2.78 bits per heavy atom. The molecule has 1 aliphatic rings. The molecule has 2 rings (SSSR count). The van der Waals surface area contributed by atoms with Gasteiger partial charge in [-0.05, 0) is 19.5 Å². The Morgan fingerprint density at radius 1 is 1.28 bits per heavy atom. The first-order valence-corrected chi connectivity index (χ1v) is 6.16. The first kappa shape index (κ1) is 13.1. The molecule has 2 unspecified atom stereocenters. The Kier molecular flexibility index (Phi) is 4.41. The standard InChI is InChI=1S/C13H21N3O2/c1-14-8-9-6-12(16-15-9)11-5-4-10(17-2)7-13(11)18-3/h4-5,7,9,12,14-16H,6,8H2,1-3H3. The number of benzene rings is 1. The van der Waals surface area contributed by atoms with Gasteiger partial charge in [-0.2, -0.15) is 0 Å². The number of ether oxygens (including phenoxy) is 2. The SMILES string of the molecule is CNCC1CC(c2ccc(OC)cc2OC)NN1. The highest BCUT2D eigenvalue weighted by atomic mass is 16.5. The van der Waals surface area contributed by atoms with Crippen LogP contribution in [0.5, 0.6) is 11.5 Å². The molecule has 1 aliphatic heterocycles. The Bertz CT molecular complexity index is 398. The second kappa shape index (κ2) is 6.04. The molecular weight excluding hydrogens is 230 g/mol. The molecule has 0 saturated carbocycles. The minimum Gasteiger partial charge on any atom is -0.497 e. The number of hydrogen-bond donors (Lipinski definition) is 3. The molecule has 0 bridgehead atoms. The highest BCUT2D eigenvalue weighted by Gasteiger charge is 2.26. The van der Waals surface area contributed by atoms with Gasteiger partial charge in [-0.25, -0.2) is 5.43 Å². The van der Waals surface area contributed by atoms with E-state index in [1.54, 1.807) is 14.2 Å². The average Bonchev–Trinajstić information content (AvgIpc) is 2.87. The maximum atomic E-state index is 5.43. The van der Waals surface area contributed by atoms with Crippen molar-refractivity contribution in [1.29, 1.82) is 0 Å². The van der Waals surface area contributed by atoms with Gasteiger partial charge in [-0.3, -0.25) is 5.43 Å². The summed E-state index contributed by atoms with van der Waals surface area (Å²) in [7, 11) is 5.31. The summed E-state index contributed by atoms with van der Waals surface area (Å²) in [4.78, 5) is 0. The molecule has 18 heavy (non-hydrogen) atoms. The van der Waals surface area contributed by atoms with Gasteiger partial charge in [0.25, 0.3) is 0 Å². The van der Waals surface area contributed by atoms with Crippen LogP contribution >= 0.6 is 0 Å². The number of likely N-dealkylation sites (N-methyl/N-ethyl adjacent to an activating group) is 1. The summed E-state index contributed by atoms with van der Waals surface area (Å²) in [6.07, 6.45) is 1.03. The smallest absolute Gasteiger partial charge is 0.127 e. The molecule has 1 fully saturated rings. The van der Waals surface area contributed by atoms with E-state index < -0.39 is 0 Å². The molecule has 2 atom stereocenters. The predicted octanol–water partition coefficient (Wildman–Crippen LogP) is 0.831. The summed E-state index contributed by atoms with van der Waals surface area (Å²) in [5.41, 5.74) is 7.75. The lowest BCUT2D eigenvalue weighted by molar-refractivity contribution is 0.386. The van der Waals surface area contributed by atoms with Crippen molar-refractivity contribution in [2.75, 3.05) is 27.8 Å². The Balaban J connectivity index is 2.13. The third kappa shape index (κ3) is 2.75. The molecule has 3 N–H and O–H groups in total. The molecule has 1 aromatic carbocycles. The fourth-order valence-corrected chi connectivity index (χ4v) is 2.31. The van der Waals surface area contributed by atoms with Crippen molar-refractivity contribution >= 4 is 0 Å². The highest BCUT2D eigenvalue weighted by molar-refractivity contribution is 5.42. The Labute approximate surface area is 108 Å². The molecule has 0 aliphatic carbocycles. The van der Waals surface area contributed by atoms with Crippen LogP contribution in [0, 0.1) is 0 Å². The molecule has 0 spiro atoms. The number of methoxy groups -OCH3 is 2. The number of rotatable bonds is 5. The topological polar surface area (TPSA) is 54.5 Å². The van der Waals surface area contributed by atoms with E-state index in [9.17, 15) is 0 Å². The summed E-state index contributed by atoms with van der Waals surface area (Å²) in [5, 5.41) is 3.17. The molecule has 100 valence electrons.